The van der Waals surface area contributed by atoms with E-state index in [0.29, 0.717) is 33.3 Å². The van der Waals surface area contributed by atoms with Crippen LogP contribution in [0, 0.1) is 13.8 Å². The summed E-state index contributed by atoms with van der Waals surface area (Å²) in [5, 5.41) is 16.0. The molecule has 0 saturated carbocycles. The molecular weight excluding hydrogens is 777 g/mol. The molecule has 10 heterocycles. The van der Waals surface area contributed by atoms with Crippen LogP contribution in [0.25, 0.3) is 22.5 Å². The molecular formula is C42H39Cl2N11O3. The number of carboxylic acid groups (broad SMARTS) is 1. The molecule has 3 N–H and O–H groups in total. The van der Waals surface area contributed by atoms with Crippen LogP contribution >= 0.6 is 23.2 Å². The van der Waals surface area contributed by atoms with Crippen molar-refractivity contribution in [2.75, 3.05) is 51.5 Å². The topological polar surface area (TPSA) is 165 Å². The Labute approximate surface area is 345 Å². The van der Waals surface area contributed by atoms with E-state index in [0.717, 1.165) is 84.4 Å². The van der Waals surface area contributed by atoms with Gasteiger partial charge in [0.15, 0.2) is 11.6 Å². The maximum atomic E-state index is 13.2. The number of aryl methyl sites for hydroxylation is 2. The van der Waals surface area contributed by atoms with Crippen molar-refractivity contribution in [1.82, 2.24) is 29.9 Å². The van der Waals surface area contributed by atoms with Crippen molar-refractivity contribution in [2.24, 2.45) is 0 Å². The molecule has 16 heteroatoms. The number of pyridine rings is 6. The van der Waals surface area contributed by atoms with Crippen LogP contribution < -0.4 is 25.3 Å². The van der Waals surface area contributed by atoms with Gasteiger partial charge in [-0.3, -0.25) is 24.8 Å². The molecule has 2 saturated heterocycles. The van der Waals surface area contributed by atoms with Crippen molar-refractivity contribution in [3.8, 4) is 22.5 Å². The largest absolute Gasteiger partial charge is 0.478 e. The lowest BCUT2D eigenvalue weighted by Crippen LogP contribution is -2.48. The summed E-state index contributed by atoms with van der Waals surface area (Å²) in [4.78, 5) is 55.6. The number of rotatable bonds is 4. The first-order valence-electron chi connectivity index (χ1n) is 18.8. The number of fused-ring (bicyclic) bond motifs is 8. The maximum Gasteiger partial charge on any atom is 0.337 e. The van der Waals surface area contributed by atoms with Crippen molar-refractivity contribution in [3.63, 3.8) is 0 Å². The number of aromatic carboxylic acids is 1. The molecule has 6 aromatic heterocycles. The van der Waals surface area contributed by atoms with Crippen LogP contribution in [0.1, 0.15) is 34.6 Å². The highest BCUT2D eigenvalue weighted by Crippen LogP contribution is 2.43. The normalized spacial score (nSPS) is 16.8. The summed E-state index contributed by atoms with van der Waals surface area (Å²) < 4.78 is 0. The van der Waals surface area contributed by atoms with Gasteiger partial charge in [-0.2, -0.15) is 0 Å². The van der Waals surface area contributed by atoms with E-state index in [1.165, 1.54) is 18.5 Å². The highest BCUT2D eigenvalue weighted by atomic mass is 35.5. The highest BCUT2D eigenvalue weighted by molar-refractivity contribution is 6.34. The second-order valence-corrected chi connectivity index (χ2v) is 15.1. The Morgan fingerprint density at radius 2 is 1.41 bits per heavy atom. The average Bonchev–Trinajstić information content (AvgIpc) is 3.85. The second-order valence-electron chi connectivity index (χ2n) is 14.3. The first-order valence-corrected chi connectivity index (χ1v) is 19.5. The standard InChI is InChI=1S/C21H19ClN6O.C15H15ClN4.C6H5NO2/c1-13-4-5-14(10-24-13)19-17(22)9-18-20(26-19)28(16-6-8-27(18)12-16)21(29)25-15-3-2-7-23-11-15;1-9-2-3-10(7-17-9)14-12(16)6-13-15(19-14)18-11-4-5-20(13)8-11;8-6(9)5-2-1-3-7-4-5/h2-5,7,9-11,16H,6,8,12H2,1H3,(H,25,29);2-3,6-7,11H,4-5,8H2,1H3,(H,18,19);1-4H,(H,8,9)/t16-;11-;/m00./s1. The molecule has 58 heavy (non-hydrogen) atoms. The first-order chi connectivity index (χ1) is 28.1. The number of amides is 2. The van der Waals surface area contributed by atoms with Crippen LogP contribution in [-0.2, 0) is 0 Å². The molecule has 0 unspecified atom stereocenters. The molecule has 2 amide bonds. The second kappa shape index (κ2) is 16.6. The van der Waals surface area contributed by atoms with Gasteiger partial charge in [0.2, 0.25) is 0 Å². The summed E-state index contributed by atoms with van der Waals surface area (Å²) >= 11 is 13.0. The highest BCUT2D eigenvalue weighted by Gasteiger charge is 2.41. The number of hydrogen-bond donors (Lipinski definition) is 3. The van der Waals surface area contributed by atoms with Crippen molar-refractivity contribution in [2.45, 2.75) is 38.8 Å². The first kappa shape index (κ1) is 38.5. The zero-order chi connectivity index (χ0) is 40.3. The fourth-order valence-electron chi connectivity index (χ4n) is 7.33. The summed E-state index contributed by atoms with van der Waals surface area (Å²) in [6.45, 7) is 7.68. The Hall–Kier alpha value is -6.38. The third kappa shape index (κ3) is 8.20. The monoisotopic (exact) mass is 815 g/mol. The van der Waals surface area contributed by atoms with Gasteiger partial charge in [0.05, 0.1) is 56.3 Å². The Balaban J connectivity index is 0.000000139. The molecule has 4 aliphatic rings. The third-order valence-corrected chi connectivity index (χ3v) is 10.8. The molecule has 2 atom stereocenters. The molecule has 0 aliphatic carbocycles. The van der Waals surface area contributed by atoms with E-state index in [1.807, 2.05) is 62.5 Å². The number of carbonyl (C=O) groups excluding carboxylic acids is 1. The predicted octanol–water partition coefficient (Wildman–Crippen LogP) is 8.02. The quantitative estimate of drug-likeness (QED) is 0.157. The summed E-state index contributed by atoms with van der Waals surface area (Å²) in [7, 11) is 0. The van der Waals surface area contributed by atoms with Gasteiger partial charge >= 0.3 is 12.0 Å². The Morgan fingerprint density at radius 3 is 2.02 bits per heavy atom. The van der Waals surface area contributed by atoms with Gasteiger partial charge in [0.25, 0.3) is 0 Å². The van der Waals surface area contributed by atoms with Gasteiger partial charge in [-0.15, -0.1) is 0 Å². The predicted molar refractivity (Wildman–Crippen MR) is 226 cm³/mol. The van der Waals surface area contributed by atoms with Crippen molar-refractivity contribution >= 4 is 63.9 Å². The lowest BCUT2D eigenvalue weighted by molar-refractivity contribution is 0.0696. The number of anilines is 5. The van der Waals surface area contributed by atoms with Crippen molar-refractivity contribution in [3.05, 3.63) is 125 Å². The van der Waals surface area contributed by atoms with Crippen LogP contribution in [0.2, 0.25) is 10.0 Å². The van der Waals surface area contributed by atoms with E-state index in [4.69, 9.17) is 38.3 Å². The van der Waals surface area contributed by atoms with Crippen LogP contribution in [0.3, 0.4) is 0 Å². The van der Waals surface area contributed by atoms with Crippen molar-refractivity contribution < 1.29 is 14.7 Å². The molecule has 2 fully saturated rings. The molecule has 294 valence electrons. The van der Waals surface area contributed by atoms with Crippen LogP contribution in [0.5, 0.6) is 0 Å². The Kier molecular flexibility index (Phi) is 11.0. The van der Waals surface area contributed by atoms with Gasteiger partial charge in [-0.1, -0.05) is 23.2 Å². The Bertz CT molecular complexity index is 2440. The number of nitrogens with zero attached hydrogens (tertiary/aromatic N) is 9. The Morgan fingerprint density at radius 1 is 0.776 bits per heavy atom. The SMILES string of the molecule is Cc1ccc(-c2nc3c(cc2Cl)N2CC[C@@H](C2)N3)cn1.Cc1ccc(-c2nc3c(cc2Cl)N2CC[C@@H](C2)N3C(=O)Nc2cccnc2)cn1.O=C(O)c1cccnc1. The molecule has 0 spiro atoms. The van der Waals surface area contributed by atoms with Gasteiger partial charge < -0.3 is 25.5 Å². The minimum Gasteiger partial charge on any atom is -0.478 e. The lowest BCUT2D eigenvalue weighted by atomic mass is 10.1. The van der Waals surface area contributed by atoms with E-state index in [1.54, 1.807) is 35.6 Å². The smallest absolute Gasteiger partial charge is 0.337 e. The van der Waals surface area contributed by atoms with Gasteiger partial charge in [0, 0.05) is 85.7 Å². The maximum absolute atomic E-state index is 13.2. The minimum atomic E-state index is -0.942. The van der Waals surface area contributed by atoms with E-state index in [2.05, 4.69) is 40.4 Å². The number of hydrogen-bond acceptors (Lipinski definition) is 11. The third-order valence-electron chi connectivity index (χ3n) is 10.3. The summed E-state index contributed by atoms with van der Waals surface area (Å²) in [5.41, 5.74) is 7.99. The summed E-state index contributed by atoms with van der Waals surface area (Å²) in [5.74, 6) is 0.627. The van der Waals surface area contributed by atoms with E-state index >= 15 is 0 Å². The number of halogens is 2. The summed E-state index contributed by atoms with van der Waals surface area (Å²) in [6.07, 6.45) is 11.8. The molecule has 0 radical (unpaired) electrons. The lowest BCUT2D eigenvalue weighted by Gasteiger charge is -2.36. The van der Waals surface area contributed by atoms with Gasteiger partial charge in [-0.05, 0) is 87.4 Å². The fraction of sp³-hybridized carbons (Fsp3) is 0.238. The molecule has 14 nitrogen and oxygen atoms in total. The molecule has 4 aliphatic heterocycles. The van der Waals surface area contributed by atoms with E-state index in [9.17, 15) is 9.59 Å². The fourth-order valence-corrected chi connectivity index (χ4v) is 7.84. The number of nitrogens with one attached hydrogen (secondary N) is 2. The van der Waals surface area contributed by atoms with Crippen LogP contribution in [-0.4, -0.2) is 85.3 Å². The van der Waals surface area contributed by atoms with Crippen molar-refractivity contribution in [1.29, 1.82) is 0 Å². The zero-order valence-corrected chi connectivity index (χ0v) is 33.2. The number of urea groups is 1. The molecule has 10 rings (SSSR count). The molecule has 0 aromatic carbocycles. The van der Waals surface area contributed by atoms with Crippen LogP contribution in [0.4, 0.5) is 33.5 Å². The summed E-state index contributed by atoms with van der Waals surface area (Å²) in [6, 6.07) is 18.8. The molecule has 6 aromatic rings. The van der Waals surface area contributed by atoms with Crippen LogP contribution in [0.15, 0.2) is 97.8 Å². The van der Waals surface area contributed by atoms with Gasteiger partial charge in [0.1, 0.15) is 0 Å². The van der Waals surface area contributed by atoms with E-state index in [-0.39, 0.29) is 17.6 Å². The minimum absolute atomic E-state index is 0.0665. The number of carboxylic acids is 1. The molecule has 4 bridgehead atoms. The zero-order valence-electron chi connectivity index (χ0n) is 31.7. The van der Waals surface area contributed by atoms with Gasteiger partial charge in [-0.25, -0.2) is 19.6 Å². The number of aromatic nitrogens is 6. The van der Waals surface area contributed by atoms with E-state index < -0.39 is 5.97 Å². The average molecular weight is 817 g/mol. The number of carbonyl (C=O) groups is 2.